The molecule has 2 N–H and O–H groups in total. The monoisotopic (exact) mass is 547 g/mol. The van der Waals surface area contributed by atoms with Crippen LogP contribution in [0, 0.1) is 12.8 Å². The molecule has 3 aliphatic rings. The summed E-state index contributed by atoms with van der Waals surface area (Å²) in [7, 11) is 0. The molecule has 11 heteroatoms. The number of benzene rings is 1. The van der Waals surface area contributed by atoms with Crippen molar-refractivity contribution in [2.24, 2.45) is 5.92 Å². The minimum atomic E-state index is -4.22. The van der Waals surface area contributed by atoms with Crippen LogP contribution in [0.15, 0.2) is 30.3 Å². The predicted octanol–water partition coefficient (Wildman–Crippen LogP) is 5.29. The smallest absolute Gasteiger partial charge is 0.379 e. The van der Waals surface area contributed by atoms with Crippen LogP contribution in [0.5, 0.6) is 0 Å². The molecule has 4 heterocycles. The zero-order chi connectivity index (χ0) is 27.4. The summed E-state index contributed by atoms with van der Waals surface area (Å²) in [5.41, 5.74) is 3.54. The van der Waals surface area contributed by atoms with Crippen molar-refractivity contribution in [2.75, 3.05) is 68.1 Å². The first-order valence-corrected chi connectivity index (χ1v) is 13.7. The number of rotatable bonds is 6. The zero-order valence-corrected chi connectivity index (χ0v) is 22.2. The Morgan fingerprint density at radius 1 is 1.08 bits per heavy atom. The van der Waals surface area contributed by atoms with Crippen LogP contribution in [0.2, 0.25) is 0 Å². The first kappa shape index (κ1) is 27.5. The first-order chi connectivity index (χ1) is 18.7. The van der Waals surface area contributed by atoms with Gasteiger partial charge in [-0.25, -0.2) is 9.78 Å². The van der Waals surface area contributed by atoms with Crippen molar-refractivity contribution in [3.05, 3.63) is 35.9 Å². The summed E-state index contributed by atoms with van der Waals surface area (Å²) in [6.07, 6.45) is -2.70. The maximum Gasteiger partial charge on any atom is 0.389 e. The van der Waals surface area contributed by atoms with E-state index >= 15 is 0 Å². The average molecular weight is 548 g/mol. The van der Waals surface area contributed by atoms with Gasteiger partial charge in [0.05, 0.1) is 25.9 Å². The Bertz CT molecular complexity index is 1150. The van der Waals surface area contributed by atoms with E-state index in [1.54, 1.807) is 0 Å². The third-order valence-electron chi connectivity index (χ3n) is 7.55. The molecular formula is C28H36F3N5O3. The van der Waals surface area contributed by atoms with Gasteiger partial charge in [0.15, 0.2) is 0 Å². The number of carbonyl (C=O) groups excluding carboxylic acids is 1. The lowest BCUT2D eigenvalue weighted by molar-refractivity contribution is -0.143. The van der Waals surface area contributed by atoms with Gasteiger partial charge in [-0.2, -0.15) is 13.2 Å². The lowest BCUT2D eigenvalue weighted by Crippen LogP contribution is -2.37. The Labute approximate surface area is 226 Å². The summed E-state index contributed by atoms with van der Waals surface area (Å²) >= 11 is 0. The molecule has 8 nitrogen and oxygen atoms in total. The molecule has 2 aromatic rings. The Morgan fingerprint density at radius 3 is 2.64 bits per heavy atom. The molecular weight excluding hydrogens is 511 g/mol. The van der Waals surface area contributed by atoms with Gasteiger partial charge in [-0.15, -0.1) is 0 Å². The maximum absolute atomic E-state index is 12.9. The molecule has 2 amide bonds. The van der Waals surface area contributed by atoms with Crippen LogP contribution in [0.25, 0.3) is 11.1 Å². The highest BCUT2D eigenvalue weighted by Gasteiger charge is 2.36. The van der Waals surface area contributed by atoms with Crippen molar-refractivity contribution < 1.29 is 27.4 Å². The number of likely N-dealkylation sites (tertiary alicyclic amines) is 1. The number of nitrogens with one attached hydrogen (secondary N) is 2. The Hall–Kier alpha value is -3.05. The standard InChI is InChI=1S/C28H36F3N5O3/c1-19-4-5-22(33-27(37)36-7-6-20(17-36)16-28(29,30)31)15-24(19)21-13-25(32-23-3-2-10-39-18-23)34-26(14-21)35-8-11-38-12-9-35/h4-5,13-15,20,23H,2-3,6-12,16-18H2,1H3,(H,32,34)(H,33,37)/t20?,23-/m0/s1. The zero-order valence-electron chi connectivity index (χ0n) is 22.2. The predicted molar refractivity (Wildman–Crippen MR) is 144 cm³/mol. The minimum absolute atomic E-state index is 0.108. The first-order valence-electron chi connectivity index (χ1n) is 13.7. The number of hydrogen-bond donors (Lipinski definition) is 2. The quantitative estimate of drug-likeness (QED) is 0.512. The van der Waals surface area contributed by atoms with Crippen molar-refractivity contribution in [3.8, 4) is 11.1 Å². The minimum Gasteiger partial charge on any atom is -0.379 e. The van der Waals surface area contributed by atoms with Crippen LogP contribution in [-0.2, 0) is 9.47 Å². The van der Waals surface area contributed by atoms with E-state index in [2.05, 4.69) is 21.6 Å². The summed E-state index contributed by atoms with van der Waals surface area (Å²) < 4.78 is 49.5. The van der Waals surface area contributed by atoms with Gasteiger partial charge < -0.3 is 29.9 Å². The fourth-order valence-corrected chi connectivity index (χ4v) is 5.49. The number of carbonyl (C=O) groups is 1. The molecule has 39 heavy (non-hydrogen) atoms. The highest BCUT2D eigenvalue weighted by molar-refractivity contribution is 5.91. The Balaban J connectivity index is 1.36. The summed E-state index contributed by atoms with van der Waals surface area (Å²) in [6.45, 7) is 6.65. The van der Waals surface area contributed by atoms with Gasteiger partial charge in [-0.05, 0) is 73.1 Å². The molecule has 0 radical (unpaired) electrons. The number of aromatic nitrogens is 1. The number of pyridine rings is 1. The van der Waals surface area contributed by atoms with E-state index in [1.807, 2.05) is 31.2 Å². The lowest BCUT2D eigenvalue weighted by Gasteiger charge is -2.29. The Kier molecular flexibility index (Phi) is 8.46. The highest BCUT2D eigenvalue weighted by Crippen LogP contribution is 2.33. The van der Waals surface area contributed by atoms with Gasteiger partial charge in [-0.1, -0.05) is 6.07 Å². The molecule has 1 aromatic carbocycles. The average Bonchev–Trinajstić information content (AvgIpc) is 3.38. The number of nitrogens with zero attached hydrogens (tertiary/aromatic N) is 3. The molecule has 5 rings (SSSR count). The van der Waals surface area contributed by atoms with Crippen LogP contribution in [0.1, 0.15) is 31.2 Å². The van der Waals surface area contributed by atoms with Gasteiger partial charge in [0, 0.05) is 44.9 Å². The summed E-state index contributed by atoms with van der Waals surface area (Å²) in [5.74, 6) is 1.07. The van der Waals surface area contributed by atoms with Crippen LogP contribution in [0.3, 0.4) is 0 Å². The Morgan fingerprint density at radius 2 is 1.90 bits per heavy atom. The number of halogens is 3. The molecule has 3 aliphatic heterocycles. The molecule has 3 saturated heterocycles. The van der Waals surface area contributed by atoms with Crippen molar-refractivity contribution in [3.63, 3.8) is 0 Å². The van der Waals surface area contributed by atoms with Crippen LogP contribution >= 0.6 is 0 Å². The molecule has 0 bridgehead atoms. The van der Waals surface area contributed by atoms with Crippen molar-refractivity contribution in [1.82, 2.24) is 9.88 Å². The number of ether oxygens (including phenoxy) is 2. The number of alkyl halides is 3. The van der Waals surface area contributed by atoms with E-state index in [4.69, 9.17) is 14.5 Å². The van der Waals surface area contributed by atoms with Crippen LogP contribution < -0.4 is 15.5 Å². The SMILES string of the molecule is Cc1ccc(NC(=O)N2CCC(CC(F)(F)F)C2)cc1-c1cc(N[C@H]2CCCOC2)nc(N2CCOCC2)c1. The van der Waals surface area contributed by atoms with E-state index in [9.17, 15) is 18.0 Å². The van der Waals surface area contributed by atoms with E-state index in [0.717, 1.165) is 60.9 Å². The third kappa shape index (κ3) is 7.33. The van der Waals surface area contributed by atoms with Gasteiger partial charge >= 0.3 is 12.2 Å². The molecule has 212 valence electrons. The van der Waals surface area contributed by atoms with E-state index in [-0.39, 0.29) is 18.6 Å². The topological polar surface area (TPSA) is 79.0 Å². The molecule has 2 atom stereocenters. The number of amides is 2. The molecule has 0 spiro atoms. The van der Waals surface area contributed by atoms with Crippen LogP contribution in [0.4, 0.5) is 35.3 Å². The van der Waals surface area contributed by atoms with Gasteiger partial charge in [0.25, 0.3) is 0 Å². The van der Waals surface area contributed by atoms with Crippen molar-refractivity contribution in [1.29, 1.82) is 0 Å². The van der Waals surface area contributed by atoms with Crippen LogP contribution in [-0.4, -0.2) is 80.7 Å². The molecule has 1 aromatic heterocycles. The fraction of sp³-hybridized carbons (Fsp3) is 0.571. The highest BCUT2D eigenvalue weighted by atomic mass is 19.4. The number of anilines is 3. The molecule has 0 saturated carbocycles. The second-order valence-corrected chi connectivity index (χ2v) is 10.6. The molecule has 3 fully saturated rings. The van der Waals surface area contributed by atoms with Gasteiger partial charge in [0.1, 0.15) is 11.6 Å². The number of urea groups is 1. The molecule has 0 aliphatic carbocycles. The normalized spacial score (nSPS) is 22.2. The van der Waals surface area contributed by atoms with E-state index in [1.165, 1.54) is 4.90 Å². The largest absolute Gasteiger partial charge is 0.389 e. The number of hydrogen-bond acceptors (Lipinski definition) is 6. The number of aryl methyl sites for hydroxylation is 1. The lowest BCUT2D eigenvalue weighted by atomic mass is 10.00. The van der Waals surface area contributed by atoms with Gasteiger partial charge in [-0.3, -0.25) is 0 Å². The van der Waals surface area contributed by atoms with E-state index < -0.39 is 18.5 Å². The second-order valence-electron chi connectivity index (χ2n) is 10.6. The van der Waals surface area contributed by atoms with E-state index in [0.29, 0.717) is 38.5 Å². The summed E-state index contributed by atoms with van der Waals surface area (Å²) in [5, 5.41) is 6.44. The summed E-state index contributed by atoms with van der Waals surface area (Å²) in [4.78, 5) is 21.5. The van der Waals surface area contributed by atoms with Crippen molar-refractivity contribution >= 4 is 23.4 Å². The molecule has 1 unspecified atom stereocenters. The van der Waals surface area contributed by atoms with Crippen molar-refractivity contribution in [2.45, 2.75) is 44.8 Å². The number of morpholine rings is 1. The fourth-order valence-electron chi connectivity index (χ4n) is 5.49. The maximum atomic E-state index is 12.9. The van der Waals surface area contributed by atoms with Gasteiger partial charge in [0.2, 0.25) is 0 Å². The second kappa shape index (κ2) is 12.0. The summed E-state index contributed by atoms with van der Waals surface area (Å²) in [6, 6.07) is 9.58. The third-order valence-corrected chi connectivity index (χ3v) is 7.55.